The van der Waals surface area contributed by atoms with Gasteiger partial charge in [-0.25, -0.2) is 4.98 Å². The summed E-state index contributed by atoms with van der Waals surface area (Å²) >= 11 is 0. The molecule has 6 heteroatoms. The Kier molecular flexibility index (Phi) is 11.4. The van der Waals surface area contributed by atoms with Gasteiger partial charge >= 0.3 is 0 Å². The fraction of sp³-hybridized carbons (Fsp3) is 0.226. The first-order valence-electron chi connectivity index (χ1n) is 24.2. The van der Waals surface area contributed by atoms with Gasteiger partial charge in [-0.3, -0.25) is 0 Å². The van der Waals surface area contributed by atoms with E-state index in [0.717, 1.165) is 70.4 Å². The van der Waals surface area contributed by atoms with Gasteiger partial charge in [0.05, 0.1) is 0 Å². The number of hydrogen-bond donors (Lipinski definition) is 0. The molecular formula is C62H55N4OPt-3. The second-order valence-electron chi connectivity index (χ2n) is 19.9. The van der Waals surface area contributed by atoms with Crippen molar-refractivity contribution in [2.24, 2.45) is 0 Å². The molecule has 2 fully saturated rings. The number of rotatable bonds is 9. The average Bonchev–Trinajstić information content (AvgIpc) is 4.20. The molecule has 2 aliphatic carbocycles. The van der Waals surface area contributed by atoms with E-state index in [1.54, 1.807) is 0 Å². The molecule has 2 saturated carbocycles. The standard InChI is InChI=1S/C62H55N4O.Pt/c1-60(2,3)46-34-39-63-58(40-46)66-54-29-11-10-26-50(54)51-33-32-49(42-57(51)66)67-48-25-18-24-47(41-48)64-43-65(56-31-13-12-30-55(56)64)59-52(61(35-14-15-36-61)44-20-6-4-7-21-44)27-19-28-53(59)62(37-16-17-38-62)45-22-8-5-9-23-45;/h4-13,18-34,39-40,43H,14-17,35-38H2,1-3H3;/q-3;. The molecule has 0 saturated heterocycles. The van der Waals surface area contributed by atoms with E-state index < -0.39 is 0 Å². The second-order valence-corrected chi connectivity index (χ2v) is 19.9. The number of benzene rings is 7. The maximum Gasteiger partial charge on any atom is 0.135 e. The normalized spacial score (nSPS) is 16.3. The third kappa shape index (κ3) is 7.37. The molecule has 0 bridgehead atoms. The summed E-state index contributed by atoms with van der Waals surface area (Å²) in [6.45, 7) is 9.03. The number of hydrogen-bond acceptors (Lipinski definition) is 4. The van der Waals surface area contributed by atoms with Crippen LogP contribution < -0.4 is 14.5 Å². The minimum Gasteiger partial charge on any atom is -0.509 e. The molecule has 0 atom stereocenters. The molecule has 0 amide bonds. The van der Waals surface area contributed by atoms with Crippen LogP contribution in [0.2, 0.25) is 0 Å². The molecule has 3 heterocycles. The molecule has 0 unspecified atom stereocenters. The maximum atomic E-state index is 6.75. The van der Waals surface area contributed by atoms with Crippen molar-refractivity contribution in [2.75, 3.05) is 9.80 Å². The van der Waals surface area contributed by atoms with Gasteiger partial charge < -0.3 is 19.1 Å². The summed E-state index contributed by atoms with van der Waals surface area (Å²) in [4.78, 5) is 9.71. The molecule has 342 valence electrons. The van der Waals surface area contributed by atoms with Gasteiger partial charge in [-0.2, -0.15) is 12.1 Å². The summed E-state index contributed by atoms with van der Waals surface area (Å²) in [7, 11) is 0. The smallest absolute Gasteiger partial charge is 0.135 e. The predicted molar refractivity (Wildman–Crippen MR) is 274 cm³/mol. The first kappa shape index (κ1) is 44.1. The third-order valence-electron chi connectivity index (χ3n) is 15.1. The van der Waals surface area contributed by atoms with Crippen LogP contribution in [0.25, 0.3) is 27.6 Å². The summed E-state index contributed by atoms with van der Waals surface area (Å²) in [5, 5.41) is 2.25. The first-order chi connectivity index (χ1) is 32.8. The summed E-state index contributed by atoms with van der Waals surface area (Å²) in [6.07, 6.45) is 11.3. The van der Waals surface area contributed by atoms with Gasteiger partial charge in [0.1, 0.15) is 5.82 Å². The largest absolute Gasteiger partial charge is 0.509 e. The number of pyridine rings is 1. The van der Waals surface area contributed by atoms with Crippen molar-refractivity contribution in [3.8, 4) is 17.3 Å². The molecule has 0 spiro atoms. The van der Waals surface area contributed by atoms with E-state index in [4.69, 9.17) is 9.72 Å². The van der Waals surface area contributed by atoms with Gasteiger partial charge in [-0.05, 0) is 94.6 Å². The fourth-order valence-corrected chi connectivity index (χ4v) is 11.9. The SMILES string of the molecule is CC(C)(C)c1ccnc(-n2c3[c-]c(Oc4[c-]c(N5[CH-]N(c6c(C7(c8ccccc8)CCCC7)cccc6C6(c7ccccc7)CCCC6)c6ccccc65)ccc4)ccc3c3ccccc32)c1.[Pt]. The zero-order chi connectivity index (χ0) is 45.2. The Morgan fingerprint density at radius 2 is 1.13 bits per heavy atom. The Bertz CT molecular complexity index is 3190. The zero-order valence-corrected chi connectivity index (χ0v) is 41.3. The van der Waals surface area contributed by atoms with E-state index in [2.05, 4.69) is 212 Å². The Labute approximate surface area is 415 Å². The maximum absolute atomic E-state index is 6.75. The number of nitrogens with zero attached hydrogens (tertiary/aromatic N) is 4. The molecule has 3 aliphatic rings. The van der Waals surface area contributed by atoms with Crippen LogP contribution in [-0.4, -0.2) is 9.55 Å². The van der Waals surface area contributed by atoms with Gasteiger partial charge in [0.25, 0.3) is 0 Å². The molecule has 68 heavy (non-hydrogen) atoms. The predicted octanol–water partition coefficient (Wildman–Crippen LogP) is 16.0. The Balaban J connectivity index is 0.00000507. The summed E-state index contributed by atoms with van der Waals surface area (Å²) < 4.78 is 8.96. The minimum atomic E-state index is -0.103. The number of anilines is 4. The van der Waals surface area contributed by atoms with Crippen LogP contribution in [0.5, 0.6) is 11.5 Å². The van der Waals surface area contributed by atoms with E-state index in [1.807, 2.05) is 18.3 Å². The van der Waals surface area contributed by atoms with Crippen LogP contribution in [0.15, 0.2) is 176 Å². The second kappa shape index (κ2) is 17.6. The van der Waals surface area contributed by atoms with E-state index in [9.17, 15) is 0 Å². The third-order valence-corrected chi connectivity index (χ3v) is 15.1. The van der Waals surface area contributed by atoms with Crippen molar-refractivity contribution < 1.29 is 25.8 Å². The van der Waals surface area contributed by atoms with Gasteiger partial charge in [-0.15, -0.1) is 48.1 Å². The van der Waals surface area contributed by atoms with E-state index in [1.165, 1.54) is 59.2 Å². The fourth-order valence-electron chi connectivity index (χ4n) is 11.9. The van der Waals surface area contributed by atoms with Crippen LogP contribution in [0.1, 0.15) is 100.0 Å². The van der Waals surface area contributed by atoms with Crippen LogP contribution >= 0.6 is 0 Å². The van der Waals surface area contributed by atoms with Crippen molar-refractivity contribution >= 4 is 44.6 Å². The molecular weight excluding hydrogens is 1010 g/mol. The van der Waals surface area contributed by atoms with Crippen molar-refractivity contribution in [3.05, 3.63) is 223 Å². The average molecular weight is 1070 g/mol. The van der Waals surface area contributed by atoms with Crippen molar-refractivity contribution in [2.45, 2.75) is 88.4 Å². The topological polar surface area (TPSA) is 33.5 Å². The van der Waals surface area contributed by atoms with Gasteiger partial charge in [0.15, 0.2) is 0 Å². The van der Waals surface area contributed by atoms with Crippen LogP contribution in [0, 0.1) is 18.8 Å². The van der Waals surface area contributed by atoms with Crippen molar-refractivity contribution in [1.29, 1.82) is 0 Å². The van der Waals surface area contributed by atoms with Crippen LogP contribution in [-0.2, 0) is 37.3 Å². The zero-order valence-electron chi connectivity index (χ0n) is 39.0. The summed E-state index contributed by atoms with van der Waals surface area (Å²) in [5.41, 5.74) is 13.2. The molecule has 5 nitrogen and oxygen atoms in total. The Morgan fingerprint density at radius 1 is 0.559 bits per heavy atom. The molecule has 0 radical (unpaired) electrons. The van der Waals surface area contributed by atoms with Gasteiger partial charge in [0.2, 0.25) is 0 Å². The molecule has 12 rings (SSSR count). The van der Waals surface area contributed by atoms with Gasteiger partial charge in [0, 0.05) is 72.2 Å². The monoisotopic (exact) mass is 1070 g/mol. The number of para-hydroxylation sites is 4. The van der Waals surface area contributed by atoms with Crippen LogP contribution in [0.3, 0.4) is 0 Å². The summed E-state index contributed by atoms with van der Waals surface area (Å²) in [6, 6.07) is 69.4. The molecule has 0 N–H and O–H groups in total. The molecule has 9 aromatic rings. The number of aromatic nitrogens is 2. The first-order valence-corrected chi connectivity index (χ1v) is 24.2. The minimum absolute atomic E-state index is 0. The summed E-state index contributed by atoms with van der Waals surface area (Å²) in [5.74, 6) is 2.11. The van der Waals surface area contributed by atoms with Crippen molar-refractivity contribution in [1.82, 2.24) is 9.55 Å². The van der Waals surface area contributed by atoms with Gasteiger partial charge in [-0.1, -0.05) is 161 Å². The van der Waals surface area contributed by atoms with Crippen molar-refractivity contribution in [3.63, 3.8) is 0 Å². The number of ether oxygens (including phenoxy) is 1. The van der Waals surface area contributed by atoms with E-state index in [-0.39, 0.29) is 37.3 Å². The van der Waals surface area contributed by atoms with Crippen LogP contribution in [0.4, 0.5) is 22.7 Å². The molecule has 1 aliphatic heterocycles. The van der Waals surface area contributed by atoms with E-state index >= 15 is 0 Å². The molecule has 2 aromatic heterocycles. The Morgan fingerprint density at radius 3 is 1.78 bits per heavy atom. The van der Waals surface area contributed by atoms with E-state index in [0.29, 0.717) is 11.5 Å². The molecule has 7 aromatic carbocycles. The quantitative estimate of drug-likeness (QED) is 0.135. The Hall–Kier alpha value is -6.42. The number of fused-ring (bicyclic) bond motifs is 4.